The van der Waals surface area contributed by atoms with Crippen molar-refractivity contribution in [2.75, 3.05) is 0 Å². The molecule has 2 nitrogen and oxygen atoms in total. The Kier molecular flexibility index (Phi) is 4.87. The van der Waals surface area contributed by atoms with Crippen molar-refractivity contribution in [2.24, 2.45) is 0 Å². The third-order valence-electron chi connectivity index (χ3n) is 2.73. The molecule has 0 aliphatic heterocycles. The second-order valence-electron chi connectivity index (χ2n) is 4.15. The number of thiophene rings is 1. The summed E-state index contributed by atoms with van der Waals surface area (Å²) >= 11 is 1.73. The molecule has 0 unspecified atom stereocenters. The van der Waals surface area contributed by atoms with Crippen LogP contribution >= 0.6 is 11.3 Å². The molecule has 1 N–H and O–H groups in total. The molecule has 0 saturated carbocycles. The lowest BCUT2D eigenvalue weighted by atomic mass is 10.2. The summed E-state index contributed by atoms with van der Waals surface area (Å²) < 4.78 is 28.3. The van der Waals surface area contributed by atoms with Gasteiger partial charge in [0.1, 0.15) is 5.75 Å². The van der Waals surface area contributed by atoms with Crippen LogP contribution in [0.15, 0.2) is 35.7 Å². The molecule has 1 aromatic heterocycles. The van der Waals surface area contributed by atoms with Gasteiger partial charge in [0, 0.05) is 18.0 Å². The molecule has 0 atom stereocenters. The number of hydrogen-bond acceptors (Lipinski definition) is 3. The predicted octanol–water partition coefficient (Wildman–Crippen LogP) is 3.95. The highest BCUT2D eigenvalue weighted by molar-refractivity contribution is 7.10. The van der Waals surface area contributed by atoms with E-state index in [1.54, 1.807) is 35.6 Å². The van der Waals surface area contributed by atoms with Crippen molar-refractivity contribution in [1.82, 2.24) is 5.32 Å². The van der Waals surface area contributed by atoms with Crippen molar-refractivity contribution in [1.29, 1.82) is 0 Å². The molecule has 0 saturated heterocycles. The summed E-state index contributed by atoms with van der Waals surface area (Å²) in [5, 5.41) is 5.40. The number of aryl methyl sites for hydroxylation is 1. The Labute approximate surface area is 115 Å². The standard InChI is InChI=1S/C14H15F2NOS/c1-10-6-7-19-13(10)9-17-8-11-2-4-12(5-3-11)18-14(15)16/h2-7,14,17H,8-9H2,1H3. The first-order valence-corrected chi connectivity index (χ1v) is 6.80. The molecule has 19 heavy (non-hydrogen) atoms. The lowest BCUT2D eigenvalue weighted by Gasteiger charge is -2.07. The molecule has 0 amide bonds. The number of ether oxygens (including phenoxy) is 1. The molecule has 1 aromatic carbocycles. The fourth-order valence-electron chi connectivity index (χ4n) is 1.69. The third kappa shape index (κ3) is 4.29. The molecule has 1 heterocycles. The van der Waals surface area contributed by atoms with Crippen LogP contribution in [0, 0.1) is 6.92 Å². The number of halogens is 2. The van der Waals surface area contributed by atoms with Gasteiger partial charge < -0.3 is 10.1 Å². The highest BCUT2D eigenvalue weighted by atomic mass is 32.1. The first-order chi connectivity index (χ1) is 9.15. The molecule has 0 aliphatic carbocycles. The average molecular weight is 283 g/mol. The van der Waals surface area contributed by atoms with Crippen LogP contribution in [-0.4, -0.2) is 6.61 Å². The van der Waals surface area contributed by atoms with E-state index in [1.165, 1.54) is 10.4 Å². The Hall–Kier alpha value is -1.46. The lowest BCUT2D eigenvalue weighted by molar-refractivity contribution is -0.0498. The van der Waals surface area contributed by atoms with Crippen LogP contribution in [0.4, 0.5) is 8.78 Å². The first-order valence-electron chi connectivity index (χ1n) is 5.92. The van der Waals surface area contributed by atoms with Crippen LogP contribution in [0.25, 0.3) is 0 Å². The molecule has 0 radical (unpaired) electrons. The largest absolute Gasteiger partial charge is 0.435 e. The topological polar surface area (TPSA) is 21.3 Å². The second kappa shape index (κ2) is 6.63. The monoisotopic (exact) mass is 283 g/mol. The van der Waals surface area contributed by atoms with Crippen molar-refractivity contribution in [3.63, 3.8) is 0 Å². The maximum Gasteiger partial charge on any atom is 0.387 e. The number of rotatable bonds is 6. The highest BCUT2D eigenvalue weighted by Gasteiger charge is 2.04. The average Bonchev–Trinajstić information content (AvgIpc) is 2.77. The van der Waals surface area contributed by atoms with Gasteiger partial charge >= 0.3 is 6.61 Å². The van der Waals surface area contributed by atoms with Gasteiger partial charge in [0.05, 0.1) is 0 Å². The summed E-state index contributed by atoms with van der Waals surface area (Å²) in [7, 11) is 0. The minimum Gasteiger partial charge on any atom is -0.435 e. The quantitative estimate of drug-likeness (QED) is 0.866. The van der Waals surface area contributed by atoms with E-state index in [4.69, 9.17) is 0 Å². The summed E-state index contributed by atoms with van der Waals surface area (Å²) in [6.45, 7) is 0.834. The van der Waals surface area contributed by atoms with E-state index in [2.05, 4.69) is 28.4 Å². The smallest absolute Gasteiger partial charge is 0.387 e. The van der Waals surface area contributed by atoms with E-state index < -0.39 is 6.61 Å². The summed E-state index contributed by atoms with van der Waals surface area (Å²) in [5.41, 5.74) is 2.33. The maximum absolute atomic E-state index is 12.0. The first kappa shape index (κ1) is 14.0. The number of alkyl halides is 2. The van der Waals surface area contributed by atoms with Gasteiger partial charge in [-0.25, -0.2) is 0 Å². The van der Waals surface area contributed by atoms with E-state index in [0.29, 0.717) is 6.54 Å². The van der Waals surface area contributed by atoms with E-state index in [0.717, 1.165) is 12.1 Å². The van der Waals surface area contributed by atoms with Crippen LogP contribution < -0.4 is 10.1 Å². The Morgan fingerprint density at radius 3 is 2.47 bits per heavy atom. The molecule has 0 spiro atoms. The fourth-order valence-corrected chi connectivity index (χ4v) is 2.57. The van der Waals surface area contributed by atoms with Crippen LogP contribution in [0.3, 0.4) is 0 Å². The summed E-state index contributed by atoms with van der Waals surface area (Å²) in [6, 6.07) is 8.77. The van der Waals surface area contributed by atoms with Crippen LogP contribution in [0.5, 0.6) is 5.75 Å². The van der Waals surface area contributed by atoms with E-state index in [9.17, 15) is 8.78 Å². The lowest BCUT2D eigenvalue weighted by Crippen LogP contribution is -2.12. The zero-order valence-corrected chi connectivity index (χ0v) is 11.3. The molecular weight excluding hydrogens is 268 g/mol. The molecule has 2 rings (SSSR count). The number of nitrogens with one attached hydrogen (secondary N) is 1. The molecule has 0 fully saturated rings. The van der Waals surface area contributed by atoms with Crippen molar-refractivity contribution in [3.8, 4) is 5.75 Å². The Morgan fingerprint density at radius 2 is 1.89 bits per heavy atom. The normalized spacial score (nSPS) is 10.9. The van der Waals surface area contributed by atoms with Gasteiger partial charge in [-0.15, -0.1) is 11.3 Å². The minimum absolute atomic E-state index is 0.188. The Morgan fingerprint density at radius 1 is 1.16 bits per heavy atom. The van der Waals surface area contributed by atoms with Gasteiger partial charge in [-0.05, 0) is 41.6 Å². The van der Waals surface area contributed by atoms with Gasteiger partial charge in [0.25, 0.3) is 0 Å². The fraction of sp³-hybridized carbons (Fsp3) is 0.286. The molecule has 102 valence electrons. The van der Waals surface area contributed by atoms with E-state index in [1.807, 2.05) is 0 Å². The van der Waals surface area contributed by atoms with Gasteiger partial charge in [-0.1, -0.05) is 12.1 Å². The summed E-state index contributed by atoms with van der Waals surface area (Å²) in [6.07, 6.45) is 0. The summed E-state index contributed by atoms with van der Waals surface area (Å²) in [4.78, 5) is 1.32. The Balaban J connectivity index is 1.81. The van der Waals surface area contributed by atoms with Crippen LogP contribution in [-0.2, 0) is 13.1 Å². The summed E-state index contributed by atoms with van der Waals surface area (Å²) in [5.74, 6) is 0.188. The van der Waals surface area contributed by atoms with Crippen molar-refractivity contribution in [3.05, 3.63) is 51.7 Å². The number of benzene rings is 1. The minimum atomic E-state index is -2.77. The number of hydrogen-bond donors (Lipinski definition) is 1. The molecule has 0 aliphatic rings. The van der Waals surface area contributed by atoms with Crippen LogP contribution in [0.2, 0.25) is 0 Å². The Bertz CT molecular complexity index is 510. The van der Waals surface area contributed by atoms with Gasteiger partial charge in [-0.3, -0.25) is 0 Å². The zero-order chi connectivity index (χ0) is 13.7. The van der Waals surface area contributed by atoms with Crippen molar-refractivity contribution in [2.45, 2.75) is 26.6 Å². The zero-order valence-electron chi connectivity index (χ0n) is 10.5. The van der Waals surface area contributed by atoms with Gasteiger partial charge in [0.15, 0.2) is 0 Å². The third-order valence-corrected chi connectivity index (χ3v) is 3.75. The van der Waals surface area contributed by atoms with E-state index in [-0.39, 0.29) is 5.75 Å². The molecule has 5 heteroatoms. The van der Waals surface area contributed by atoms with Crippen molar-refractivity contribution < 1.29 is 13.5 Å². The maximum atomic E-state index is 12.0. The molecule has 2 aromatic rings. The van der Waals surface area contributed by atoms with Gasteiger partial charge in [0.2, 0.25) is 0 Å². The van der Waals surface area contributed by atoms with Crippen molar-refractivity contribution >= 4 is 11.3 Å². The van der Waals surface area contributed by atoms with E-state index >= 15 is 0 Å². The second-order valence-corrected chi connectivity index (χ2v) is 5.15. The molecule has 0 bridgehead atoms. The molecular formula is C14H15F2NOS. The predicted molar refractivity (Wildman–Crippen MR) is 72.7 cm³/mol. The van der Waals surface area contributed by atoms with Gasteiger partial charge in [-0.2, -0.15) is 8.78 Å². The highest BCUT2D eigenvalue weighted by Crippen LogP contribution is 2.16. The van der Waals surface area contributed by atoms with Crippen LogP contribution in [0.1, 0.15) is 16.0 Å². The SMILES string of the molecule is Cc1ccsc1CNCc1ccc(OC(F)F)cc1.